The minimum atomic E-state index is -0.468. The molecular formula is C22H33N5O3S. The van der Waals surface area contributed by atoms with Gasteiger partial charge in [-0.25, -0.2) is 4.98 Å². The van der Waals surface area contributed by atoms with Gasteiger partial charge in [0.05, 0.1) is 11.6 Å². The summed E-state index contributed by atoms with van der Waals surface area (Å²) in [5.41, 5.74) is 0.757. The number of amides is 3. The predicted molar refractivity (Wildman–Crippen MR) is 122 cm³/mol. The molecule has 2 fully saturated rings. The molecule has 1 aromatic rings. The van der Waals surface area contributed by atoms with Crippen molar-refractivity contribution >= 4 is 35.3 Å². The zero-order chi connectivity index (χ0) is 22.6. The summed E-state index contributed by atoms with van der Waals surface area (Å²) >= 11 is 1.60. The van der Waals surface area contributed by atoms with E-state index in [0.717, 1.165) is 31.9 Å². The minimum Gasteiger partial charge on any atom is -0.340 e. The van der Waals surface area contributed by atoms with Crippen LogP contribution in [0.1, 0.15) is 39.8 Å². The van der Waals surface area contributed by atoms with Gasteiger partial charge in [-0.3, -0.25) is 19.3 Å². The molecule has 0 spiro atoms. The Morgan fingerprint density at radius 1 is 1.16 bits per heavy atom. The highest BCUT2D eigenvalue weighted by atomic mass is 32.2. The maximum absolute atomic E-state index is 12.9. The Labute approximate surface area is 188 Å². The van der Waals surface area contributed by atoms with Gasteiger partial charge in [0, 0.05) is 51.8 Å². The molecule has 0 saturated carbocycles. The highest BCUT2D eigenvalue weighted by molar-refractivity contribution is 7.99. The van der Waals surface area contributed by atoms with Crippen LogP contribution in [0.25, 0.3) is 0 Å². The number of nitrogens with zero attached hydrogens (tertiary/aromatic N) is 4. The fourth-order valence-electron chi connectivity index (χ4n) is 3.76. The quantitative estimate of drug-likeness (QED) is 0.743. The Morgan fingerprint density at radius 3 is 2.52 bits per heavy atom. The van der Waals surface area contributed by atoms with Crippen LogP contribution >= 0.6 is 11.8 Å². The molecule has 0 aliphatic carbocycles. The van der Waals surface area contributed by atoms with Gasteiger partial charge in [-0.1, -0.05) is 26.8 Å². The number of carbonyl (C=O) groups is 3. The molecule has 0 bridgehead atoms. The second kappa shape index (κ2) is 9.99. The number of piperazine rings is 1. The standard InChI is InChI=1S/C22H33N5O3S/c1-16(28)26-10-8-25(9-11-26)13-17-6-5-7-19(23-17)24-21(30)18-14-31-15-27(18)20(29)12-22(2,3)4/h5-7,18H,8-15H2,1-4H3,(H,23,24,30)/t18-/m1/s1. The molecule has 2 aliphatic rings. The monoisotopic (exact) mass is 447 g/mol. The summed E-state index contributed by atoms with van der Waals surface area (Å²) in [6, 6.07) is 5.14. The number of aromatic nitrogens is 1. The average molecular weight is 448 g/mol. The number of carbonyl (C=O) groups excluding carboxylic acids is 3. The summed E-state index contributed by atoms with van der Waals surface area (Å²) < 4.78 is 0. The van der Waals surface area contributed by atoms with Crippen LogP contribution in [-0.2, 0) is 20.9 Å². The zero-order valence-corrected chi connectivity index (χ0v) is 19.7. The normalized spacial score (nSPS) is 20.1. The SMILES string of the molecule is CC(=O)N1CCN(Cc2cccc(NC(=O)[C@H]3CSCN3C(=O)CC(C)(C)C)n2)CC1. The van der Waals surface area contributed by atoms with Gasteiger partial charge in [0.15, 0.2) is 0 Å². The topological polar surface area (TPSA) is 85.9 Å². The van der Waals surface area contributed by atoms with Gasteiger partial charge in [0.2, 0.25) is 17.7 Å². The van der Waals surface area contributed by atoms with Gasteiger partial charge < -0.3 is 15.1 Å². The van der Waals surface area contributed by atoms with Crippen LogP contribution in [0.3, 0.4) is 0 Å². The Kier molecular flexibility index (Phi) is 7.59. The molecule has 1 aromatic heterocycles. The molecule has 3 amide bonds. The molecule has 2 saturated heterocycles. The second-order valence-electron chi connectivity index (χ2n) is 9.40. The number of hydrogen-bond acceptors (Lipinski definition) is 6. The molecule has 1 atom stereocenters. The molecule has 0 unspecified atom stereocenters. The number of anilines is 1. The van der Waals surface area contributed by atoms with E-state index >= 15 is 0 Å². The van der Waals surface area contributed by atoms with Crippen molar-refractivity contribution in [1.29, 1.82) is 0 Å². The number of rotatable bonds is 5. The highest BCUT2D eigenvalue weighted by Gasteiger charge is 2.36. The van der Waals surface area contributed by atoms with Crippen molar-refractivity contribution < 1.29 is 14.4 Å². The van der Waals surface area contributed by atoms with E-state index in [1.165, 1.54) is 0 Å². The van der Waals surface area contributed by atoms with E-state index < -0.39 is 6.04 Å². The van der Waals surface area contributed by atoms with Gasteiger partial charge in [0.25, 0.3) is 0 Å². The van der Waals surface area contributed by atoms with Gasteiger partial charge in [-0.15, -0.1) is 11.8 Å². The highest BCUT2D eigenvalue weighted by Crippen LogP contribution is 2.27. The number of thioether (sulfide) groups is 1. The molecule has 2 aliphatic heterocycles. The molecule has 0 aromatic carbocycles. The third-order valence-corrected chi connectivity index (χ3v) is 6.46. The van der Waals surface area contributed by atoms with Crippen molar-refractivity contribution in [1.82, 2.24) is 19.7 Å². The molecule has 3 heterocycles. The van der Waals surface area contributed by atoms with E-state index in [4.69, 9.17) is 0 Å². The number of pyridine rings is 1. The van der Waals surface area contributed by atoms with Gasteiger partial charge in [-0.2, -0.15) is 0 Å². The Hall–Kier alpha value is -2.13. The lowest BCUT2D eigenvalue weighted by Crippen LogP contribution is -2.47. The van der Waals surface area contributed by atoms with E-state index in [2.05, 4.69) is 15.2 Å². The molecule has 8 nitrogen and oxygen atoms in total. The lowest BCUT2D eigenvalue weighted by Gasteiger charge is -2.34. The van der Waals surface area contributed by atoms with Crippen LogP contribution in [0.2, 0.25) is 0 Å². The molecule has 31 heavy (non-hydrogen) atoms. The zero-order valence-electron chi connectivity index (χ0n) is 18.9. The summed E-state index contributed by atoms with van der Waals surface area (Å²) in [4.78, 5) is 47.4. The van der Waals surface area contributed by atoms with Crippen molar-refractivity contribution in [2.24, 2.45) is 5.41 Å². The molecule has 170 valence electrons. The lowest BCUT2D eigenvalue weighted by atomic mass is 9.91. The van der Waals surface area contributed by atoms with Crippen molar-refractivity contribution in [2.45, 2.75) is 46.7 Å². The summed E-state index contributed by atoms with van der Waals surface area (Å²) in [5.74, 6) is 1.60. The minimum absolute atomic E-state index is 0.0177. The Bertz CT molecular complexity index is 818. The number of hydrogen-bond donors (Lipinski definition) is 1. The predicted octanol–water partition coefficient (Wildman–Crippen LogP) is 2.02. The summed E-state index contributed by atoms with van der Waals surface area (Å²) in [7, 11) is 0. The maximum atomic E-state index is 12.9. The Balaban J connectivity index is 1.57. The van der Waals surface area contributed by atoms with E-state index in [-0.39, 0.29) is 23.1 Å². The van der Waals surface area contributed by atoms with Crippen LogP contribution in [0, 0.1) is 5.41 Å². The smallest absolute Gasteiger partial charge is 0.249 e. The van der Waals surface area contributed by atoms with Crippen molar-refractivity contribution in [2.75, 3.05) is 43.1 Å². The molecule has 9 heteroatoms. The first kappa shape index (κ1) is 23.5. The van der Waals surface area contributed by atoms with E-state index in [0.29, 0.717) is 30.4 Å². The first-order chi connectivity index (χ1) is 14.6. The van der Waals surface area contributed by atoms with Crippen LogP contribution in [0.5, 0.6) is 0 Å². The third kappa shape index (κ3) is 6.67. The Morgan fingerprint density at radius 2 is 1.87 bits per heavy atom. The largest absolute Gasteiger partial charge is 0.340 e. The second-order valence-corrected chi connectivity index (χ2v) is 10.4. The first-order valence-electron chi connectivity index (χ1n) is 10.7. The van der Waals surface area contributed by atoms with Crippen LogP contribution in [0.4, 0.5) is 5.82 Å². The molecular weight excluding hydrogens is 414 g/mol. The maximum Gasteiger partial charge on any atom is 0.249 e. The van der Waals surface area contributed by atoms with E-state index in [1.54, 1.807) is 29.7 Å². The van der Waals surface area contributed by atoms with E-state index in [1.807, 2.05) is 37.8 Å². The van der Waals surface area contributed by atoms with Gasteiger partial charge in [-0.05, 0) is 17.5 Å². The summed E-state index contributed by atoms with van der Waals surface area (Å²) in [5, 5.41) is 2.90. The van der Waals surface area contributed by atoms with Crippen LogP contribution in [0.15, 0.2) is 18.2 Å². The van der Waals surface area contributed by atoms with Crippen molar-refractivity contribution in [3.05, 3.63) is 23.9 Å². The molecule has 1 N–H and O–H groups in total. The lowest BCUT2D eigenvalue weighted by molar-refractivity contribution is -0.137. The van der Waals surface area contributed by atoms with Gasteiger partial charge in [0.1, 0.15) is 11.9 Å². The van der Waals surface area contributed by atoms with Crippen LogP contribution < -0.4 is 5.32 Å². The van der Waals surface area contributed by atoms with Crippen LogP contribution in [-0.4, -0.2) is 81.3 Å². The molecule has 3 rings (SSSR count). The van der Waals surface area contributed by atoms with Crippen molar-refractivity contribution in [3.8, 4) is 0 Å². The summed E-state index contributed by atoms with van der Waals surface area (Å²) in [6.45, 7) is 11.4. The fourth-order valence-corrected chi connectivity index (χ4v) is 4.94. The first-order valence-corrected chi connectivity index (χ1v) is 11.9. The van der Waals surface area contributed by atoms with Crippen molar-refractivity contribution in [3.63, 3.8) is 0 Å². The fraction of sp³-hybridized carbons (Fsp3) is 0.636. The van der Waals surface area contributed by atoms with Gasteiger partial charge >= 0.3 is 0 Å². The summed E-state index contributed by atoms with van der Waals surface area (Å²) in [6.07, 6.45) is 0.419. The number of nitrogens with one attached hydrogen (secondary N) is 1. The average Bonchev–Trinajstić information content (AvgIpc) is 3.18. The third-order valence-electron chi connectivity index (χ3n) is 5.45. The van der Waals surface area contributed by atoms with E-state index in [9.17, 15) is 14.4 Å². The molecule has 0 radical (unpaired) electrons.